The number of hydrazone groups is 1. The molecule has 2 aliphatic rings. The number of nitrogens with one attached hydrogen (secondary N) is 1. The van der Waals surface area contributed by atoms with Crippen LogP contribution in [-0.4, -0.2) is 21.7 Å². The largest absolute Gasteiger partial charge is 0.416 e. The Balaban J connectivity index is 1.50. The Morgan fingerprint density at radius 1 is 1.03 bits per heavy atom. The second-order valence-electron chi connectivity index (χ2n) is 8.43. The third-order valence-electron chi connectivity index (χ3n) is 6.35. The van der Waals surface area contributed by atoms with Gasteiger partial charge in [-0.3, -0.25) is 10.1 Å². The van der Waals surface area contributed by atoms with Gasteiger partial charge in [-0.1, -0.05) is 36.4 Å². The van der Waals surface area contributed by atoms with E-state index in [-0.39, 0.29) is 11.6 Å². The third kappa shape index (κ3) is 4.23. The standard InChI is InChI=1S/C25H19F3N4O3/c26-25(27,28)17-8-5-16(6-9-17)23-21-14-7-15-3-1-2-4-20(15)22(21)30-31(23)24(33)29-18-10-12-19(13-11-18)32(34)35/h1-6,8-13,21,23H,7,14H2,(H,29,33). The average molecular weight is 480 g/mol. The number of hydrogen-bond acceptors (Lipinski definition) is 4. The molecule has 5 rings (SSSR count). The summed E-state index contributed by atoms with van der Waals surface area (Å²) in [5.74, 6) is -0.191. The molecule has 1 N–H and O–H groups in total. The minimum absolute atomic E-state index is 0.116. The van der Waals surface area contributed by atoms with Gasteiger partial charge in [0.05, 0.1) is 22.2 Å². The fourth-order valence-corrected chi connectivity index (χ4v) is 4.68. The molecule has 1 heterocycles. The number of alkyl halides is 3. The summed E-state index contributed by atoms with van der Waals surface area (Å²) in [6.07, 6.45) is -3.02. The van der Waals surface area contributed by atoms with Crippen molar-refractivity contribution in [3.05, 3.63) is 105 Å². The highest BCUT2D eigenvalue weighted by Gasteiger charge is 2.44. The van der Waals surface area contributed by atoms with Crippen LogP contribution >= 0.6 is 0 Å². The number of hydrogen-bond donors (Lipinski definition) is 1. The number of benzene rings is 3. The smallest absolute Gasteiger partial charge is 0.306 e. The van der Waals surface area contributed by atoms with Crippen molar-refractivity contribution in [1.29, 1.82) is 0 Å². The maximum Gasteiger partial charge on any atom is 0.416 e. The Morgan fingerprint density at radius 3 is 2.37 bits per heavy atom. The molecule has 0 radical (unpaired) electrons. The van der Waals surface area contributed by atoms with E-state index in [0.717, 1.165) is 35.4 Å². The first-order chi connectivity index (χ1) is 16.7. The number of urea groups is 1. The Kier molecular flexibility index (Phi) is 5.50. The van der Waals surface area contributed by atoms with Gasteiger partial charge in [-0.25, -0.2) is 9.80 Å². The lowest BCUT2D eigenvalue weighted by Gasteiger charge is -2.29. The summed E-state index contributed by atoms with van der Waals surface area (Å²) in [5.41, 5.74) is 2.74. The Labute approximate surface area is 198 Å². The normalized spacial score (nSPS) is 18.9. The molecule has 2 amide bonds. The van der Waals surface area contributed by atoms with Crippen molar-refractivity contribution in [2.45, 2.75) is 25.1 Å². The number of nitro groups is 1. The molecule has 7 nitrogen and oxygen atoms in total. The van der Waals surface area contributed by atoms with E-state index < -0.39 is 28.7 Å². The first kappa shape index (κ1) is 22.6. The first-order valence-electron chi connectivity index (χ1n) is 10.9. The maximum atomic E-state index is 13.3. The van der Waals surface area contributed by atoms with Crippen LogP contribution in [0.4, 0.5) is 29.3 Å². The van der Waals surface area contributed by atoms with Gasteiger partial charge in [0.2, 0.25) is 0 Å². The molecule has 0 spiro atoms. The molecule has 0 bridgehead atoms. The fourth-order valence-electron chi connectivity index (χ4n) is 4.68. The SMILES string of the molecule is O=C(Nc1ccc([N+](=O)[O-])cc1)N1N=C2c3ccccc3CCC2C1c1ccc(C(F)(F)F)cc1. The van der Waals surface area contributed by atoms with E-state index >= 15 is 0 Å². The lowest BCUT2D eigenvalue weighted by Crippen LogP contribution is -2.35. The van der Waals surface area contributed by atoms with Crippen molar-refractivity contribution in [3.8, 4) is 0 Å². The highest BCUT2D eigenvalue weighted by atomic mass is 19.4. The molecule has 2 unspecified atom stereocenters. The van der Waals surface area contributed by atoms with Crippen molar-refractivity contribution < 1.29 is 22.9 Å². The maximum absolute atomic E-state index is 13.3. The molecule has 1 aliphatic heterocycles. The summed E-state index contributed by atoms with van der Waals surface area (Å²) in [4.78, 5) is 23.6. The molecule has 178 valence electrons. The molecule has 0 fully saturated rings. The van der Waals surface area contributed by atoms with E-state index in [1.807, 2.05) is 24.3 Å². The predicted molar refractivity (Wildman–Crippen MR) is 123 cm³/mol. The van der Waals surface area contributed by atoms with Crippen molar-refractivity contribution in [1.82, 2.24) is 5.01 Å². The van der Waals surface area contributed by atoms with Gasteiger partial charge in [0.15, 0.2) is 0 Å². The number of nitrogens with zero attached hydrogens (tertiary/aromatic N) is 3. The van der Waals surface area contributed by atoms with Crippen LogP contribution in [0, 0.1) is 16.0 Å². The van der Waals surface area contributed by atoms with Gasteiger partial charge in [-0.2, -0.15) is 18.3 Å². The fraction of sp³-hybridized carbons (Fsp3) is 0.200. The van der Waals surface area contributed by atoms with Crippen LogP contribution in [0.5, 0.6) is 0 Å². The van der Waals surface area contributed by atoms with Gasteiger partial charge < -0.3 is 5.32 Å². The van der Waals surface area contributed by atoms with Gasteiger partial charge >= 0.3 is 12.2 Å². The highest BCUT2D eigenvalue weighted by molar-refractivity contribution is 6.07. The van der Waals surface area contributed by atoms with Gasteiger partial charge in [0.25, 0.3) is 5.69 Å². The number of amides is 2. The summed E-state index contributed by atoms with van der Waals surface area (Å²) in [5, 5.41) is 19.5. The number of rotatable bonds is 3. The summed E-state index contributed by atoms with van der Waals surface area (Å²) in [7, 11) is 0. The molecule has 35 heavy (non-hydrogen) atoms. The molecule has 10 heteroatoms. The van der Waals surface area contributed by atoms with E-state index in [4.69, 9.17) is 0 Å². The molecule has 2 atom stereocenters. The Morgan fingerprint density at radius 2 is 1.71 bits per heavy atom. The summed E-state index contributed by atoms with van der Waals surface area (Å²) >= 11 is 0. The number of fused-ring (bicyclic) bond motifs is 3. The summed E-state index contributed by atoms with van der Waals surface area (Å²) in [6, 6.07) is 16.7. The molecule has 0 saturated carbocycles. The number of nitro benzene ring substituents is 1. The van der Waals surface area contributed by atoms with Gasteiger partial charge in [-0.05, 0) is 48.2 Å². The highest BCUT2D eigenvalue weighted by Crippen LogP contribution is 2.44. The van der Waals surface area contributed by atoms with Crippen LogP contribution in [0.25, 0.3) is 0 Å². The van der Waals surface area contributed by atoms with Gasteiger partial charge in [0, 0.05) is 29.3 Å². The van der Waals surface area contributed by atoms with Crippen LogP contribution in [-0.2, 0) is 12.6 Å². The lowest BCUT2D eigenvalue weighted by molar-refractivity contribution is -0.384. The number of carbonyl (C=O) groups is 1. The number of halogens is 3. The molecule has 3 aromatic rings. The van der Waals surface area contributed by atoms with E-state index in [1.165, 1.54) is 41.4 Å². The van der Waals surface area contributed by atoms with Crippen LogP contribution in [0.15, 0.2) is 77.9 Å². The minimum Gasteiger partial charge on any atom is -0.306 e. The average Bonchev–Trinajstić information content (AvgIpc) is 3.24. The molecule has 3 aromatic carbocycles. The summed E-state index contributed by atoms with van der Waals surface area (Å²) in [6.45, 7) is 0. The quantitative estimate of drug-likeness (QED) is 0.359. The van der Waals surface area contributed by atoms with Crippen LogP contribution in [0.2, 0.25) is 0 Å². The zero-order valence-corrected chi connectivity index (χ0v) is 18.2. The first-order valence-corrected chi connectivity index (χ1v) is 10.9. The second kappa shape index (κ2) is 8.53. The van der Waals surface area contributed by atoms with Crippen molar-refractivity contribution in [3.63, 3.8) is 0 Å². The van der Waals surface area contributed by atoms with Crippen LogP contribution < -0.4 is 5.32 Å². The van der Waals surface area contributed by atoms with E-state index in [9.17, 15) is 28.1 Å². The van der Waals surface area contributed by atoms with Gasteiger partial charge in [0.1, 0.15) is 0 Å². The molecular formula is C25H19F3N4O3. The number of non-ortho nitro benzene ring substituents is 1. The molecular weight excluding hydrogens is 461 g/mol. The van der Waals surface area contributed by atoms with Crippen LogP contribution in [0.1, 0.15) is 34.7 Å². The van der Waals surface area contributed by atoms with Crippen molar-refractivity contribution in [2.75, 3.05) is 5.32 Å². The van der Waals surface area contributed by atoms with Crippen molar-refractivity contribution in [2.24, 2.45) is 11.0 Å². The third-order valence-corrected chi connectivity index (χ3v) is 6.35. The Bertz CT molecular complexity index is 1320. The molecule has 1 aliphatic carbocycles. The topological polar surface area (TPSA) is 87.8 Å². The zero-order chi connectivity index (χ0) is 24.7. The number of aryl methyl sites for hydroxylation is 1. The predicted octanol–water partition coefficient (Wildman–Crippen LogP) is 6.17. The number of anilines is 1. The lowest BCUT2D eigenvalue weighted by atomic mass is 9.77. The summed E-state index contributed by atoms with van der Waals surface area (Å²) < 4.78 is 39.4. The Hall–Kier alpha value is -4.21. The molecule has 0 aromatic heterocycles. The van der Waals surface area contributed by atoms with Crippen molar-refractivity contribution >= 4 is 23.1 Å². The monoisotopic (exact) mass is 480 g/mol. The second-order valence-corrected chi connectivity index (χ2v) is 8.43. The van der Waals surface area contributed by atoms with E-state index in [1.54, 1.807) is 0 Å². The van der Waals surface area contributed by atoms with Crippen LogP contribution in [0.3, 0.4) is 0 Å². The van der Waals surface area contributed by atoms with E-state index in [0.29, 0.717) is 17.7 Å². The zero-order valence-electron chi connectivity index (χ0n) is 18.2. The minimum atomic E-state index is -4.47. The molecule has 0 saturated heterocycles. The number of carbonyl (C=O) groups excluding carboxylic acids is 1. The van der Waals surface area contributed by atoms with E-state index in [2.05, 4.69) is 10.4 Å². The van der Waals surface area contributed by atoms with Gasteiger partial charge in [-0.15, -0.1) is 0 Å².